The summed E-state index contributed by atoms with van der Waals surface area (Å²) in [6.07, 6.45) is -7.15. The van der Waals surface area contributed by atoms with Gasteiger partial charge in [-0.05, 0) is 47.9 Å². The lowest BCUT2D eigenvalue weighted by Gasteiger charge is -2.35. The van der Waals surface area contributed by atoms with Gasteiger partial charge in [-0.2, -0.15) is 0 Å². The second-order valence-corrected chi connectivity index (χ2v) is 14.6. The van der Waals surface area contributed by atoms with E-state index in [4.69, 9.17) is 18.9 Å². The number of fused-ring (bicyclic) bond motifs is 3. The average molecular weight is 869 g/mol. The molecule has 0 bridgehead atoms. The van der Waals surface area contributed by atoms with E-state index in [1.54, 1.807) is 0 Å². The van der Waals surface area contributed by atoms with Crippen LogP contribution in [0, 0.1) is 0 Å². The molecule has 2 unspecified atom stereocenters. The molecule has 13 N–H and O–H groups in total. The van der Waals surface area contributed by atoms with Crippen LogP contribution >= 0.6 is 0 Å². The van der Waals surface area contributed by atoms with E-state index in [2.05, 4.69) is 0 Å². The number of benzene rings is 5. The number of hydrogen-bond acceptors (Lipinski definition) is 20. The zero-order valence-corrected chi connectivity index (χ0v) is 31.7. The Morgan fingerprint density at radius 3 is 1.38 bits per heavy atom. The number of hydrogen-bond donors (Lipinski definition) is 13. The smallest absolute Gasteiger partial charge is 0.338 e. The Labute approximate surface area is 351 Å². The lowest BCUT2D eigenvalue weighted by molar-refractivity contribution is -0.0194. The van der Waals surface area contributed by atoms with Crippen LogP contribution in [-0.2, 0) is 22.3 Å². The number of esters is 2. The molecule has 20 nitrogen and oxygen atoms in total. The van der Waals surface area contributed by atoms with Crippen molar-refractivity contribution in [2.75, 3.05) is 0 Å². The molecule has 8 rings (SSSR count). The summed E-state index contributed by atoms with van der Waals surface area (Å²) in [7, 11) is 0. The minimum Gasteiger partial charge on any atom is -0.508 e. The summed E-state index contributed by atoms with van der Waals surface area (Å²) in [6, 6.07) is 10.2. The summed E-state index contributed by atoms with van der Waals surface area (Å²) in [4.78, 5) is 41.1. The highest BCUT2D eigenvalue weighted by Crippen LogP contribution is 2.49. The van der Waals surface area contributed by atoms with E-state index in [9.17, 15) is 80.8 Å². The number of carbonyl (C=O) groups is 2. The first-order valence-corrected chi connectivity index (χ1v) is 18.4. The van der Waals surface area contributed by atoms with Gasteiger partial charge >= 0.3 is 11.9 Å². The predicted molar refractivity (Wildman–Crippen MR) is 210 cm³/mol. The zero-order valence-electron chi connectivity index (χ0n) is 31.7. The summed E-state index contributed by atoms with van der Waals surface area (Å²) in [5, 5.41) is 135. The van der Waals surface area contributed by atoms with E-state index < -0.39 is 139 Å². The fraction of sp³-hybridized carbons (Fsp3) is 0.140. The molecular formula is C43H32O20. The molecule has 0 aromatic heterocycles. The SMILES string of the molecule is O=C(O[C@H]1Cc2c(O)cc(O)cc2OC1c1cc(O)c(=O)c2c(O)c(O)cc(C3Oc4cc(O)cc(O)c4C[C@@H]3OC(=O)c3cc(O)c(O)c(O)c3)c2c1)c1cc(O)c(O)c(O)c1. The Kier molecular flexibility index (Phi) is 9.77. The van der Waals surface area contributed by atoms with E-state index in [1.165, 1.54) is 0 Å². The minimum atomic E-state index is -1.65. The van der Waals surface area contributed by atoms with Gasteiger partial charge in [0.15, 0.2) is 64.0 Å². The molecule has 0 radical (unpaired) electrons. The third kappa shape index (κ3) is 7.19. The molecule has 0 fully saturated rings. The Morgan fingerprint density at radius 2 is 0.905 bits per heavy atom. The second kappa shape index (κ2) is 15.0. The van der Waals surface area contributed by atoms with Crippen LogP contribution in [0.15, 0.2) is 71.5 Å². The van der Waals surface area contributed by atoms with Gasteiger partial charge in [0.1, 0.15) is 46.7 Å². The highest BCUT2D eigenvalue weighted by molar-refractivity contribution is 5.95. The van der Waals surface area contributed by atoms with E-state index in [1.807, 2.05) is 0 Å². The molecule has 2 aliphatic rings. The van der Waals surface area contributed by atoms with Crippen molar-refractivity contribution < 1.29 is 94.9 Å². The van der Waals surface area contributed by atoms with E-state index in [-0.39, 0.29) is 45.6 Å². The van der Waals surface area contributed by atoms with Crippen molar-refractivity contribution in [2.24, 2.45) is 0 Å². The highest BCUT2D eigenvalue weighted by atomic mass is 16.6. The molecule has 6 aromatic carbocycles. The lowest BCUT2D eigenvalue weighted by atomic mass is 9.89. The van der Waals surface area contributed by atoms with Gasteiger partial charge in [-0.25, -0.2) is 9.59 Å². The van der Waals surface area contributed by atoms with Gasteiger partial charge in [-0.3, -0.25) is 4.79 Å². The van der Waals surface area contributed by atoms with Crippen molar-refractivity contribution in [1.29, 1.82) is 0 Å². The lowest BCUT2D eigenvalue weighted by Crippen LogP contribution is -2.35. The van der Waals surface area contributed by atoms with Crippen molar-refractivity contribution in [2.45, 2.75) is 37.3 Å². The first-order chi connectivity index (χ1) is 29.8. The quantitative estimate of drug-likeness (QED) is 0.0824. The van der Waals surface area contributed by atoms with Gasteiger partial charge in [-0.1, -0.05) is 0 Å². The third-order valence-corrected chi connectivity index (χ3v) is 10.5. The van der Waals surface area contributed by atoms with Crippen LogP contribution in [0.4, 0.5) is 0 Å². The molecule has 0 saturated heterocycles. The van der Waals surface area contributed by atoms with Gasteiger partial charge < -0.3 is 85.3 Å². The number of rotatable bonds is 6. The largest absolute Gasteiger partial charge is 0.508 e. The summed E-state index contributed by atoms with van der Waals surface area (Å²) >= 11 is 0. The highest BCUT2D eigenvalue weighted by Gasteiger charge is 2.41. The minimum absolute atomic E-state index is 0.000315. The molecule has 0 aliphatic carbocycles. The van der Waals surface area contributed by atoms with Crippen LogP contribution in [0.1, 0.15) is 55.2 Å². The van der Waals surface area contributed by atoms with Crippen molar-refractivity contribution in [3.8, 4) is 86.2 Å². The van der Waals surface area contributed by atoms with Crippen molar-refractivity contribution in [3.05, 3.63) is 110 Å². The first-order valence-electron chi connectivity index (χ1n) is 18.4. The Bertz CT molecular complexity index is 2950. The number of phenols is 12. The molecule has 324 valence electrons. The summed E-state index contributed by atoms with van der Waals surface area (Å²) < 4.78 is 23.9. The fourth-order valence-corrected chi connectivity index (χ4v) is 7.54. The Morgan fingerprint density at radius 1 is 0.476 bits per heavy atom. The molecule has 0 spiro atoms. The molecule has 4 atom stereocenters. The van der Waals surface area contributed by atoms with Crippen molar-refractivity contribution in [1.82, 2.24) is 0 Å². The topological polar surface area (TPSA) is 351 Å². The third-order valence-electron chi connectivity index (χ3n) is 10.5. The van der Waals surface area contributed by atoms with Gasteiger partial charge in [0.05, 0.1) is 16.5 Å². The Hall–Kier alpha value is -8.81. The molecule has 2 aliphatic heterocycles. The van der Waals surface area contributed by atoms with E-state index in [0.29, 0.717) is 0 Å². The van der Waals surface area contributed by atoms with E-state index >= 15 is 0 Å². The molecule has 20 heteroatoms. The monoisotopic (exact) mass is 868 g/mol. The van der Waals surface area contributed by atoms with Crippen molar-refractivity contribution in [3.63, 3.8) is 0 Å². The zero-order chi connectivity index (χ0) is 45.3. The molecule has 0 amide bonds. The van der Waals surface area contributed by atoms with E-state index in [0.717, 1.165) is 66.7 Å². The second-order valence-electron chi connectivity index (χ2n) is 14.6. The number of aromatic hydroxyl groups is 13. The molecular weight excluding hydrogens is 836 g/mol. The van der Waals surface area contributed by atoms with Crippen LogP contribution in [-0.4, -0.2) is 90.5 Å². The van der Waals surface area contributed by atoms with Crippen LogP contribution in [0.2, 0.25) is 0 Å². The molecule has 63 heavy (non-hydrogen) atoms. The maximum atomic E-state index is 14.0. The number of phenolic OH excluding ortho intramolecular Hbond substituents is 12. The number of carbonyl (C=O) groups excluding carboxylic acids is 2. The van der Waals surface area contributed by atoms with Gasteiger partial charge in [0, 0.05) is 59.4 Å². The molecule has 0 saturated carbocycles. The number of ether oxygens (including phenoxy) is 4. The van der Waals surface area contributed by atoms with Crippen LogP contribution in [0.5, 0.6) is 86.2 Å². The fourth-order valence-electron chi connectivity index (χ4n) is 7.54. The molecule has 6 aromatic rings. The summed E-state index contributed by atoms with van der Waals surface area (Å²) in [5.74, 6) is -13.2. The van der Waals surface area contributed by atoms with Crippen LogP contribution in [0.3, 0.4) is 0 Å². The first kappa shape index (κ1) is 40.9. The maximum absolute atomic E-state index is 14.0. The summed E-state index contributed by atoms with van der Waals surface area (Å²) in [6.45, 7) is 0. The van der Waals surface area contributed by atoms with Gasteiger partial charge in [0.25, 0.3) is 0 Å². The predicted octanol–water partition coefficient (Wildman–Crippen LogP) is 4.18. The summed E-state index contributed by atoms with van der Waals surface area (Å²) in [5.41, 5.74) is -2.71. The average Bonchev–Trinajstić information content (AvgIpc) is 3.35. The van der Waals surface area contributed by atoms with Crippen molar-refractivity contribution >= 4 is 22.7 Å². The van der Waals surface area contributed by atoms with Gasteiger partial charge in [0.2, 0.25) is 5.43 Å². The molecule has 2 heterocycles. The Balaban J connectivity index is 1.31. The van der Waals surface area contributed by atoms with Gasteiger partial charge in [-0.15, -0.1) is 0 Å². The van der Waals surface area contributed by atoms with Crippen LogP contribution < -0.4 is 14.9 Å². The normalized spacial score (nSPS) is 17.7. The van der Waals surface area contributed by atoms with Crippen LogP contribution in [0.25, 0.3) is 10.8 Å². The maximum Gasteiger partial charge on any atom is 0.338 e. The standard InChI is InChI=1S/C43H32O20/c44-17-7-23(46)21-12-33(62-42(58)15-3-25(48)36(54)26(49)4-15)40(60-31(21)9-17)14-1-19-20(11-30(53)39(57)35(19)38(56)29(52)2-14)41-34(13-22-24(47)8-18(45)10-32(22)61-41)63-43(59)16-5-27(50)37(55)28(51)6-16/h1-11,33-34,40-41,44-51,53-55,57H,12-13H2,(H,52,56)/t33-,34-,40?,41?/m0/s1.